The van der Waals surface area contributed by atoms with Crippen LogP contribution in [-0.4, -0.2) is 44.1 Å². The van der Waals surface area contributed by atoms with Crippen molar-refractivity contribution in [1.29, 1.82) is 0 Å². The average Bonchev–Trinajstić information content (AvgIpc) is 2.80. The Hall–Kier alpha value is -2.90. The molecule has 2 saturated heterocycles. The number of carbonyl (C=O) groups excluding carboxylic acids is 2. The number of carbonyl (C=O) groups is 2. The molecule has 0 saturated carbocycles. The molecular formula is C24H27NO6. The highest BCUT2D eigenvalue weighted by Crippen LogP contribution is 2.42. The zero-order chi connectivity index (χ0) is 21.8. The van der Waals surface area contributed by atoms with Gasteiger partial charge in [-0.25, -0.2) is 0 Å². The van der Waals surface area contributed by atoms with E-state index in [1.165, 1.54) is 6.92 Å². The number of anilines is 1. The minimum absolute atomic E-state index is 0.107. The maximum absolute atomic E-state index is 13.1. The summed E-state index contributed by atoms with van der Waals surface area (Å²) in [6.45, 7) is 1.58. The van der Waals surface area contributed by atoms with Crippen molar-refractivity contribution in [2.45, 2.75) is 50.7 Å². The molecular weight excluding hydrogens is 398 g/mol. The number of ether oxygens (including phenoxy) is 4. The molecule has 2 aliphatic heterocycles. The quantitative estimate of drug-likeness (QED) is 0.498. The van der Waals surface area contributed by atoms with E-state index in [9.17, 15) is 9.59 Å². The maximum atomic E-state index is 13.1. The summed E-state index contributed by atoms with van der Waals surface area (Å²) < 4.78 is 22.4. The van der Waals surface area contributed by atoms with Crippen molar-refractivity contribution in [2.75, 3.05) is 18.6 Å². The van der Waals surface area contributed by atoms with Crippen molar-refractivity contribution in [2.24, 2.45) is 0 Å². The second kappa shape index (κ2) is 9.49. The van der Waals surface area contributed by atoms with Crippen LogP contribution < -0.4 is 9.64 Å². The Labute approximate surface area is 181 Å². The molecule has 7 heteroatoms. The van der Waals surface area contributed by atoms with Crippen LogP contribution in [0.2, 0.25) is 0 Å². The zero-order valence-electron chi connectivity index (χ0n) is 17.7. The Kier molecular flexibility index (Phi) is 6.53. The summed E-state index contributed by atoms with van der Waals surface area (Å²) in [4.78, 5) is 26.0. The van der Waals surface area contributed by atoms with Gasteiger partial charge in [-0.2, -0.15) is 0 Å². The van der Waals surface area contributed by atoms with E-state index >= 15 is 0 Å². The topological polar surface area (TPSA) is 74.3 Å². The molecule has 2 fully saturated rings. The molecule has 2 aliphatic rings. The molecule has 0 radical (unpaired) electrons. The van der Waals surface area contributed by atoms with Gasteiger partial charge in [0.05, 0.1) is 19.3 Å². The third kappa shape index (κ3) is 4.73. The summed E-state index contributed by atoms with van der Waals surface area (Å²) in [5, 5.41) is 0. The van der Waals surface area contributed by atoms with Crippen molar-refractivity contribution in [1.82, 2.24) is 0 Å². The van der Waals surface area contributed by atoms with Crippen LogP contribution in [0.3, 0.4) is 0 Å². The van der Waals surface area contributed by atoms with Gasteiger partial charge in [0.25, 0.3) is 5.91 Å². The van der Waals surface area contributed by atoms with Gasteiger partial charge in [-0.15, -0.1) is 0 Å². The second-order valence-electron chi connectivity index (χ2n) is 7.74. The van der Waals surface area contributed by atoms with Crippen LogP contribution in [0.1, 0.15) is 37.8 Å². The lowest BCUT2D eigenvalue weighted by Crippen LogP contribution is -2.61. The summed E-state index contributed by atoms with van der Waals surface area (Å²) in [5.41, 5.74) is 1.78. The van der Waals surface area contributed by atoms with Crippen molar-refractivity contribution < 1.29 is 28.5 Å². The molecule has 0 bridgehead atoms. The molecule has 164 valence electrons. The van der Waals surface area contributed by atoms with Gasteiger partial charge in [0.15, 0.2) is 12.4 Å². The van der Waals surface area contributed by atoms with E-state index in [1.54, 1.807) is 12.0 Å². The van der Waals surface area contributed by atoms with Gasteiger partial charge in [0.1, 0.15) is 12.4 Å². The fourth-order valence-electron chi connectivity index (χ4n) is 4.06. The van der Waals surface area contributed by atoms with Gasteiger partial charge in [-0.1, -0.05) is 30.3 Å². The Balaban J connectivity index is 1.50. The lowest BCUT2D eigenvalue weighted by Gasteiger charge is -2.48. The maximum Gasteiger partial charge on any atom is 0.302 e. The minimum Gasteiger partial charge on any atom is -0.497 e. The average molecular weight is 425 g/mol. The number of esters is 1. The van der Waals surface area contributed by atoms with E-state index in [0.29, 0.717) is 6.42 Å². The second-order valence-corrected chi connectivity index (χ2v) is 7.74. The standard InChI is InChI=1S/C24H27NO6/c1-16(26)29-15-20-9-6-10-21(30-20)31-23-22(17-7-4-3-5-8-17)25(24(23)27)18-11-13-19(28-2)14-12-18/h3-5,7-8,11-14,20-23H,6,9-10,15H2,1-2H3/t20-,21+,22+,23-/m0/s1. The van der Waals surface area contributed by atoms with E-state index < -0.39 is 12.4 Å². The predicted molar refractivity (Wildman–Crippen MR) is 114 cm³/mol. The number of amides is 1. The summed E-state index contributed by atoms with van der Waals surface area (Å²) in [6, 6.07) is 17.0. The van der Waals surface area contributed by atoms with Gasteiger partial charge in [-0.05, 0) is 49.1 Å². The molecule has 2 aromatic carbocycles. The van der Waals surface area contributed by atoms with E-state index in [4.69, 9.17) is 18.9 Å². The van der Waals surface area contributed by atoms with E-state index in [0.717, 1.165) is 29.8 Å². The molecule has 4 atom stereocenters. The van der Waals surface area contributed by atoms with Gasteiger partial charge in [0, 0.05) is 12.6 Å². The van der Waals surface area contributed by atoms with E-state index in [1.807, 2.05) is 54.6 Å². The van der Waals surface area contributed by atoms with Crippen LogP contribution >= 0.6 is 0 Å². The number of rotatable bonds is 7. The summed E-state index contributed by atoms with van der Waals surface area (Å²) in [5.74, 6) is 0.292. The van der Waals surface area contributed by atoms with Crippen molar-refractivity contribution in [3.8, 4) is 5.75 Å². The van der Waals surface area contributed by atoms with Crippen LogP contribution in [0.15, 0.2) is 54.6 Å². The first-order valence-corrected chi connectivity index (χ1v) is 10.5. The number of β-lactam (4-membered cyclic amide) rings is 1. The molecule has 0 unspecified atom stereocenters. The molecule has 31 heavy (non-hydrogen) atoms. The highest BCUT2D eigenvalue weighted by atomic mass is 16.7. The third-order valence-electron chi connectivity index (χ3n) is 5.62. The normalized spacial score (nSPS) is 25.6. The molecule has 0 aliphatic carbocycles. The first-order valence-electron chi connectivity index (χ1n) is 10.5. The molecule has 2 aromatic rings. The first-order chi connectivity index (χ1) is 15.1. The zero-order valence-corrected chi connectivity index (χ0v) is 17.7. The van der Waals surface area contributed by atoms with Crippen molar-refractivity contribution in [3.05, 3.63) is 60.2 Å². The Bertz CT molecular complexity index is 900. The molecule has 0 spiro atoms. The van der Waals surface area contributed by atoms with Crippen molar-refractivity contribution in [3.63, 3.8) is 0 Å². The van der Waals surface area contributed by atoms with E-state index in [2.05, 4.69) is 0 Å². The minimum atomic E-state index is -0.637. The Morgan fingerprint density at radius 3 is 2.52 bits per heavy atom. The molecule has 4 rings (SSSR count). The molecule has 0 aromatic heterocycles. The lowest BCUT2D eigenvalue weighted by atomic mass is 9.89. The van der Waals surface area contributed by atoms with Crippen molar-refractivity contribution >= 4 is 17.6 Å². The predicted octanol–water partition coefficient (Wildman–Crippen LogP) is 3.63. The fraction of sp³-hybridized carbons (Fsp3) is 0.417. The first kappa shape index (κ1) is 21.3. The SMILES string of the molecule is COc1ccc(N2C(=O)[C@@H](O[C@@H]3CCC[C@@H](COC(C)=O)O3)[C@H]2c2ccccc2)cc1. The third-order valence-corrected chi connectivity index (χ3v) is 5.62. The lowest BCUT2D eigenvalue weighted by molar-refractivity contribution is -0.231. The van der Waals surface area contributed by atoms with E-state index in [-0.39, 0.29) is 30.6 Å². The van der Waals surface area contributed by atoms with Gasteiger partial charge in [-0.3, -0.25) is 14.5 Å². The van der Waals surface area contributed by atoms with Gasteiger partial charge in [0.2, 0.25) is 0 Å². The van der Waals surface area contributed by atoms with Crippen LogP contribution in [0.4, 0.5) is 5.69 Å². The number of methoxy groups -OCH3 is 1. The van der Waals surface area contributed by atoms with Crippen LogP contribution in [0.25, 0.3) is 0 Å². The smallest absolute Gasteiger partial charge is 0.302 e. The van der Waals surface area contributed by atoms with Gasteiger partial charge >= 0.3 is 5.97 Å². The Morgan fingerprint density at radius 2 is 1.84 bits per heavy atom. The number of nitrogens with zero attached hydrogens (tertiary/aromatic N) is 1. The summed E-state index contributed by atoms with van der Waals surface area (Å²) >= 11 is 0. The fourth-order valence-corrected chi connectivity index (χ4v) is 4.06. The largest absolute Gasteiger partial charge is 0.497 e. The monoisotopic (exact) mass is 425 g/mol. The molecule has 2 heterocycles. The van der Waals surface area contributed by atoms with Crippen LogP contribution in [0.5, 0.6) is 5.75 Å². The molecule has 1 amide bonds. The molecule has 7 nitrogen and oxygen atoms in total. The molecule has 0 N–H and O–H groups in total. The van der Waals surface area contributed by atoms with Gasteiger partial charge < -0.3 is 18.9 Å². The van der Waals surface area contributed by atoms with Crippen LogP contribution in [0, 0.1) is 0 Å². The highest BCUT2D eigenvalue weighted by Gasteiger charge is 2.51. The van der Waals surface area contributed by atoms with Crippen LogP contribution in [-0.2, 0) is 23.8 Å². The number of benzene rings is 2. The number of hydrogen-bond donors (Lipinski definition) is 0. The highest BCUT2D eigenvalue weighted by molar-refractivity contribution is 6.05. The Morgan fingerprint density at radius 1 is 1.10 bits per heavy atom. The summed E-state index contributed by atoms with van der Waals surface area (Å²) in [6.07, 6.45) is 1.02. The number of hydrogen-bond acceptors (Lipinski definition) is 6. The summed E-state index contributed by atoms with van der Waals surface area (Å²) in [7, 11) is 1.61.